The van der Waals surface area contributed by atoms with Gasteiger partial charge in [0.05, 0.1) is 30.4 Å². The fourth-order valence-corrected chi connectivity index (χ4v) is 2.01. The number of hydrogen-bond donors (Lipinski definition) is 1. The normalized spacial score (nSPS) is 10.6. The van der Waals surface area contributed by atoms with Crippen molar-refractivity contribution in [3.05, 3.63) is 57.6 Å². The van der Waals surface area contributed by atoms with Gasteiger partial charge in [-0.25, -0.2) is 4.79 Å². The first-order valence-electron chi connectivity index (χ1n) is 6.74. The van der Waals surface area contributed by atoms with Gasteiger partial charge in [0.1, 0.15) is 0 Å². The number of benzene rings is 2. The number of nitro groups is 1. The lowest BCUT2D eigenvalue weighted by Crippen LogP contribution is -2.00. The topological polar surface area (TPSA) is 111 Å². The van der Waals surface area contributed by atoms with Crippen LogP contribution in [-0.4, -0.2) is 36.4 Å². The van der Waals surface area contributed by atoms with Crippen molar-refractivity contribution in [2.24, 2.45) is 4.99 Å². The maximum atomic E-state index is 11.4. The predicted octanol–water partition coefficient (Wildman–Crippen LogP) is 3.06. The smallest absolute Gasteiger partial charge is 0.338 e. The zero-order chi connectivity index (χ0) is 17.7. The fourth-order valence-electron chi connectivity index (χ4n) is 2.01. The summed E-state index contributed by atoms with van der Waals surface area (Å²) < 4.78 is 10.2. The van der Waals surface area contributed by atoms with Crippen LogP contribution in [0.1, 0.15) is 15.9 Å². The van der Waals surface area contributed by atoms with Crippen LogP contribution in [0.4, 0.5) is 11.4 Å². The number of aliphatic imine (C=N–C) groups is 1. The lowest BCUT2D eigenvalue weighted by molar-refractivity contribution is -0.384. The molecule has 0 bridgehead atoms. The van der Waals surface area contributed by atoms with E-state index < -0.39 is 10.9 Å². The van der Waals surface area contributed by atoms with Crippen molar-refractivity contribution < 1.29 is 24.3 Å². The molecule has 0 spiro atoms. The number of rotatable bonds is 6. The Kier molecular flexibility index (Phi) is 5.10. The number of nitro benzene ring substituents is 1. The minimum absolute atomic E-state index is 0.0747. The highest BCUT2D eigenvalue weighted by Gasteiger charge is 2.15. The quantitative estimate of drug-likeness (QED) is 0.495. The number of ether oxygens (including phenoxy) is 2. The number of aromatic carboxylic acids is 1. The van der Waals surface area contributed by atoms with Gasteiger partial charge >= 0.3 is 5.97 Å². The summed E-state index contributed by atoms with van der Waals surface area (Å²) in [6.07, 6.45) is 1.35. The minimum atomic E-state index is -1.18. The molecule has 2 aromatic carbocycles. The number of carboxylic acids is 1. The molecule has 2 rings (SSSR count). The van der Waals surface area contributed by atoms with Crippen molar-refractivity contribution in [1.82, 2.24) is 0 Å². The van der Waals surface area contributed by atoms with Gasteiger partial charge in [-0.2, -0.15) is 0 Å². The lowest BCUT2D eigenvalue weighted by atomic mass is 10.1. The van der Waals surface area contributed by atoms with Crippen LogP contribution in [0, 0.1) is 10.1 Å². The second-order valence-corrected chi connectivity index (χ2v) is 4.64. The number of methoxy groups -OCH3 is 2. The van der Waals surface area contributed by atoms with Gasteiger partial charge in [-0.1, -0.05) is 12.1 Å². The third-order valence-corrected chi connectivity index (χ3v) is 3.17. The minimum Gasteiger partial charge on any atom is -0.493 e. The van der Waals surface area contributed by atoms with Gasteiger partial charge in [0.15, 0.2) is 11.5 Å². The second kappa shape index (κ2) is 7.23. The monoisotopic (exact) mass is 330 g/mol. The van der Waals surface area contributed by atoms with Crippen molar-refractivity contribution in [1.29, 1.82) is 0 Å². The molecule has 0 radical (unpaired) electrons. The van der Waals surface area contributed by atoms with E-state index in [-0.39, 0.29) is 22.7 Å². The van der Waals surface area contributed by atoms with Crippen LogP contribution in [0.5, 0.6) is 11.5 Å². The molecule has 0 saturated carbocycles. The van der Waals surface area contributed by atoms with Crippen molar-refractivity contribution in [3.8, 4) is 11.5 Å². The van der Waals surface area contributed by atoms with E-state index in [0.29, 0.717) is 11.3 Å². The Morgan fingerprint density at radius 2 is 1.88 bits per heavy atom. The molecule has 124 valence electrons. The first-order chi connectivity index (χ1) is 11.5. The molecule has 0 fully saturated rings. The molecule has 0 atom stereocenters. The predicted molar refractivity (Wildman–Crippen MR) is 86.9 cm³/mol. The molecule has 8 nitrogen and oxygen atoms in total. The number of non-ortho nitro benzene ring substituents is 1. The third-order valence-electron chi connectivity index (χ3n) is 3.17. The Balaban J connectivity index is 2.46. The molecule has 0 unspecified atom stereocenters. The highest BCUT2D eigenvalue weighted by Crippen LogP contribution is 2.34. The van der Waals surface area contributed by atoms with E-state index in [2.05, 4.69) is 4.99 Å². The van der Waals surface area contributed by atoms with E-state index in [4.69, 9.17) is 9.47 Å². The van der Waals surface area contributed by atoms with E-state index >= 15 is 0 Å². The van der Waals surface area contributed by atoms with E-state index in [1.807, 2.05) is 0 Å². The molecule has 24 heavy (non-hydrogen) atoms. The van der Waals surface area contributed by atoms with Gasteiger partial charge in [-0.3, -0.25) is 15.1 Å². The SMILES string of the molecule is COc1cc(N=Cc2cccc([N+](=O)[O-])c2)c(C(=O)O)cc1OC. The highest BCUT2D eigenvalue weighted by atomic mass is 16.6. The molecule has 8 heteroatoms. The summed E-state index contributed by atoms with van der Waals surface area (Å²) in [6, 6.07) is 8.57. The van der Waals surface area contributed by atoms with Crippen molar-refractivity contribution >= 4 is 23.6 Å². The number of carbonyl (C=O) groups is 1. The zero-order valence-electron chi connectivity index (χ0n) is 12.9. The largest absolute Gasteiger partial charge is 0.493 e. The van der Waals surface area contributed by atoms with Crippen LogP contribution < -0.4 is 9.47 Å². The van der Waals surface area contributed by atoms with Gasteiger partial charge in [-0.05, 0) is 5.56 Å². The average Bonchev–Trinajstić information content (AvgIpc) is 2.59. The summed E-state index contributed by atoms with van der Waals surface area (Å²) in [5.74, 6) is -0.583. The molecule has 2 aromatic rings. The zero-order valence-corrected chi connectivity index (χ0v) is 12.9. The third kappa shape index (κ3) is 3.67. The average molecular weight is 330 g/mol. The maximum Gasteiger partial charge on any atom is 0.338 e. The number of carboxylic acid groups (broad SMARTS) is 1. The van der Waals surface area contributed by atoms with Gasteiger partial charge in [0, 0.05) is 30.5 Å². The summed E-state index contributed by atoms with van der Waals surface area (Å²) in [7, 11) is 2.82. The molecule has 0 aliphatic rings. The van der Waals surface area contributed by atoms with Crippen molar-refractivity contribution in [2.75, 3.05) is 14.2 Å². The molecule has 0 aliphatic heterocycles. The van der Waals surface area contributed by atoms with E-state index in [0.717, 1.165) is 0 Å². The first kappa shape index (κ1) is 16.9. The van der Waals surface area contributed by atoms with E-state index in [1.165, 1.54) is 50.8 Å². The molecule has 0 heterocycles. The summed E-state index contributed by atoms with van der Waals surface area (Å²) in [5.41, 5.74) is 0.459. The van der Waals surface area contributed by atoms with E-state index in [1.54, 1.807) is 6.07 Å². The van der Waals surface area contributed by atoms with Crippen LogP contribution in [0.15, 0.2) is 41.4 Å². The van der Waals surface area contributed by atoms with E-state index in [9.17, 15) is 20.0 Å². The van der Waals surface area contributed by atoms with Gasteiger partial charge in [-0.15, -0.1) is 0 Å². The van der Waals surface area contributed by atoms with Crippen LogP contribution in [0.25, 0.3) is 0 Å². The summed E-state index contributed by atoms with van der Waals surface area (Å²) in [5, 5.41) is 20.1. The Morgan fingerprint density at radius 1 is 1.21 bits per heavy atom. The highest BCUT2D eigenvalue weighted by molar-refractivity contribution is 5.96. The summed E-state index contributed by atoms with van der Waals surface area (Å²) in [6.45, 7) is 0. The molecule has 0 aromatic heterocycles. The Bertz CT molecular complexity index is 816. The molecule has 0 saturated heterocycles. The van der Waals surface area contributed by atoms with Gasteiger partial charge in [0.25, 0.3) is 5.69 Å². The van der Waals surface area contributed by atoms with Crippen LogP contribution in [-0.2, 0) is 0 Å². The number of hydrogen-bond acceptors (Lipinski definition) is 6. The summed E-state index contributed by atoms with van der Waals surface area (Å²) in [4.78, 5) is 25.8. The Labute approximate surface area is 137 Å². The van der Waals surface area contributed by atoms with Crippen molar-refractivity contribution in [2.45, 2.75) is 0 Å². The van der Waals surface area contributed by atoms with Gasteiger partial charge < -0.3 is 14.6 Å². The number of nitrogens with zero attached hydrogens (tertiary/aromatic N) is 2. The summed E-state index contributed by atoms with van der Waals surface area (Å²) >= 11 is 0. The molecular weight excluding hydrogens is 316 g/mol. The molecule has 0 aliphatic carbocycles. The molecule has 1 N–H and O–H groups in total. The molecule has 0 amide bonds. The first-order valence-corrected chi connectivity index (χ1v) is 6.74. The fraction of sp³-hybridized carbons (Fsp3) is 0.125. The van der Waals surface area contributed by atoms with Crippen LogP contribution in [0.2, 0.25) is 0 Å². The van der Waals surface area contributed by atoms with Crippen molar-refractivity contribution in [3.63, 3.8) is 0 Å². The molecular formula is C16H14N2O6. The Morgan fingerprint density at radius 3 is 2.46 bits per heavy atom. The second-order valence-electron chi connectivity index (χ2n) is 4.64. The lowest BCUT2D eigenvalue weighted by Gasteiger charge is -2.10. The Hall–Kier alpha value is -3.42. The van der Waals surface area contributed by atoms with Gasteiger partial charge in [0.2, 0.25) is 0 Å². The maximum absolute atomic E-state index is 11.4. The van der Waals surface area contributed by atoms with Crippen LogP contribution in [0.3, 0.4) is 0 Å². The van der Waals surface area contributed by atoms with Crippen LogP contribution >= 0.6 is 0 Å². The standard InChI is InChI=1S/C16H14N2O6/c1-23-14-7-12(16(19)20)13(8-15(14)24-2)17-9-10-4-3-5-11(6-10)18(21)22/h3-9H,1-2H3,(H,19,20).